The molecule has 0 unspecified atom stereocenters. The molecule has 0 atom stereocenters. The summed E-state index contributed by atoms with van der Waals surface area (Å²) < 4.78 is 4.67. The van der Waals surface area contributed by atoms with Gasteiger partial charge in [-0.3, -0.25) is 0 Å². The fraction of sp³-hybridized carbons (Fsp3) is 0.250. The molecule has 0 radical (unpaired) electrons. The lowest BCUT2D eigenvalue weighted by Crippen LogP contribution is -2.07. The first-order valence-corrected chi connectivity index (χ1v) is 2.24. The van der Waals surface area contributed by atoms with Gasteiger partial charge < -0.3 is 4.42 Å². The number of hydrogen-bond acceptors (Lipinski definition) is 5. The van der Waals surface area contributed by atoms with Crippen molar-refractivity contribution in [1.82, 2.24) is 10.2 Å². The van der Waals surface area contributed by atoms with Gasteiger partial charge in [-0.2, -0.15) is 5.26 Å². The van der Waals surface area contributed by atoms with Crippen molar-refractivity contribution >= 4 is 6.01 Å². The molecule has 5 nitrogen and oxygen atoms in total. The van der Waals surface area contributed by atoms with E-state index in [0.717, 1.165) is 0 Å². The van der Waals surface area contributed by atoms with Gasteiger partial charge in [0.05, 0.1) is 0 Å². The third kappa shape index (κ3) is 0.966. The zero-order chi connectivity index (χ0) is 6.69. The molecule has 0 aromatic carbocycles. The van der Waals surface area contributed by atoms with Crippen LogP contribution in [0, 0.1) is 11.5 Å². The summed E-state index contributed by atoms with van der Waals surface area (Å²) in [4.78, 5) is 1.17. The van der Waals surface area contributed by atoms with Crippen LogP contribution in [0.3, 0.4) is 0 Å². The highest BCUT2D eigenvalue weighted by atomic mass is 16.4. The molecule has 0 spiro atoms. The predicted molar refractivity (Wildman–Crippen MR) is 28.3 cm³/mol. The first-order valence-electron chi connectivity index (χ1n) is 2.24. The van der Waals surface area contributed by atoms with Crippen molar-refractivity contribution in [3.05, 3.63) is 6.39 Å². The Kier molecular flexibility index (Phi) is 1.32. The summed E-state index contributed by atoms with van der Waals surface area (Å²) in [6, 6.07) is 0.206. The third-order valence-electron chi connectivity index (χ3n) is 0.785. The van der Waals surface area contributed by atoms with Crippen molar-refractivity contribution in [3.8, 4) is 6.19 Å². The highest BCUT2D eigenvalue weighted by Crippen LogP contribution is 2.02. The Hall–Kier alpha value is -1.57. The monoisotopic (exact) mass is 124 g/mol. The van der Waals surface area contributed by atoms with Gasteiger partial charge in [0.2, 0.25) is 6.39 Å². The molecule has 5 heteroatoms. The van der Waals surface area contributed by atoms with Crippen molar-refractivity contribution in [1.29, 1.82) is 5.26 Å². The van der Waals surface area contributed by atoms with E-state index in [1.54, 1.807) is 6.19 Å². The lowest BCUT2D eigenvalue weighted by molar-refractivity contribution is 0.556. The molecule has 0 fully saturated rings. The van der Waals surface area contributed by atoms with Gasteiger partial charge in [-0.05, 0) is 0 Å². The number of nitriles is 1. The van der Waals surface area contributed by atoms with E-state index >= 15 is 0 Å². The second kappa shape index (κ2) is 2.13. The van der Waals surface area contributed by atoms with Crippen LogP contribution >= 0.6 is 0 Å². The number of hydrogen-bond donors (Lipinski definition) is 0. The molecule has 1 aromatic heterocycles. The van der Waals surface area contributed by atoms with Crippen molar-refractivity contribution < 1.29 is 4.42 Å². The van der Waals surface area contributed by atoms with E-state index in [9.17, 15) is 0 Å². The smallest absolute Gasteiger partial charge is 0.331 e. The zero-order valence-corrected chi connectivity index (χ0v) is 4.77. The second-order valence-electron chi connectivity index (χ2n) is 1.38. The number of aromatic nitrogens is 2. The zero-order valence-electron chi connectivity index (χ0n) is 4.77. The van der Waals surface area contributed by atoms with E-state index < -0.39 is 0 Å². The minimum absolute atomic E-state index is 0.206. The maximum absolute atomic E-state index is 8.25. The maximum Gasteiger partial charge on any atom is 0.331 e. The van der Waals surface area contributed by atoms with Crippen LogP contribution in [-0.2, 0) is 0 Å². The van der Waals surface area contributed by atoms with Crippen LogP contribution in [0.15, 0.2) is 10.8 Å². The number of nitrogens with zero attached hydrogens (tertiary/aromatic N) is 4. The number of anilines is 1. The summed E-state index contributed by atoms with van der Waals surface area (Å²) in [6.45, 7) is 0. The van der Waals surface area contributed by atoms with Gasteiger partial charge in [0.25, 0.3) is 0 Å². The molecular formula is C4H4N4O. The summed E-state index contributed by atoms with van der Waals surface area (Å²) >= 11 is 0. The highest BCUT2D eigenvalue weighted by molar-refractivity contribution is 5.27. The Bertz CT molecular complexity index is 211. The van der Waals surface area contributed by atoms with Crippen LogP contribution in [-0.4, -0.2) is 17.2 Å². The van der Waals surface area contributed by atoms with Crippen LogP contribution in [0.25, 0.3) is 0 Å². The van der Waals surface area contributed by atoms with E-state index in [-0.39, 0.29) is 6.01 Å². The summed E-state index contributed by atoms with van der Waals surface area (Å²) in [5.74, 6) is 0. The molecule has 1 rings (SSSR count). The van der Waals surface area contributed by atoms with Crippen LogP contribution in [0.5, 0.6) is 0 Å². The van der Waals surface area contributed by atoms with Crippen LogP contribution in [0.2, 0.25) is 0 Å². The topological polar surface area (TPSA) is 66.0 Å². The third-order valence-corrected chi connectivity index (χ3v) is 0.785. The van der Waals surface area contributed by atoms with Gasteiger partial charge in [-0.25, -0.2) is 4.90 Å². The molecule has 9 heavy (non-hydrogen) atoms. The normalized spacial score (nSPS) is 8.44. The fourth-order valence-electron chi connectivity index (χ4n) is 0.356. The Morgan fingerprint density at radius 3 is 3.11 bits per heavy atom. The van der Waals surface area contributed by atoms with Crippen LogP contribution in [0.4, 0.5) is 6.01 Å². The van der Waals surface area contributed by atoms with E-state index in [1.165, 1.54) is 18.3 Å². The Balaban J connectivity index is 2.80. The largest absolute Gasteiger partial charge is 0.410 e. The Morgan fingerprint density at radius 2 is 2.67 bits per heavy atom. The maximum atomic E-state index is 8.25. The molecule has 1 heterocycles. The average Bonchev–Trinajstić information content (AvgIpc) is 2.37. The molecule has 0 amide bonds. The van der Waals surface area contributed by atoms with E-state index in [1.807, 2.05) is 0 Å². The first-order chi connectivity index (χ1) is 4.34. The minimum atomic E-state index is 0.206. The molecule has 0 aliphatic carbocycles. The van der Waals surface area contributed by atoms with Gasteiger partial charge in [0, 0.05) is 7.05 Å². The molecule has 0 aliphatic heterocycles. The summed E-state index contributed by atoms with van der Waals surface area (Å²) in [7, 11) is 1.54. The van der Waals surface area contributed by atoms with Crippen LogP contribution < -0.4 is 4.90 Å². The first kappa shape index (κ1) is 5.56. The second-order valence-corrected chi connectivity index (χ2v) is 1.38. The highest BCUT2D eigenvalue weighted by Gasteiger charge is 2.01. The molecule has 46 valence electrons. The number of rotatable bonds is 1. The van der Waals surface area contributed by atoms with Gasteiger partial charge in [-0.1, -0.05) is 5.10 Å². The van der Waals surface area contributed by atoms with Gasteiger partial charge >= 0.3 is 6.01 Å². The summed E-state index contributed by atoms with van der Waals surface area (Å²) in [5.41, 5.74) is 0. The summed E-state index contributed by atoms with van der Waals surface area (Å²) in [5, 5.41) is 15.1. The molecule has 0 N–H and O–H groups in total. The minimum Gasteiger partial charge on any atom is -0.410 e. The van der Waals surface area contributed by atoms with E-state index in [0.29, 0.717) is 0 Å². The van der Waals surface area contributed by atoms with E-state index in [2.05, 4.69) is 14.6 Å². The quantitative estimate of drug-likeness (QED) is 0.389. The predicted octanol–water partition coefficient (Wildman–Crippen LogP) is -0.0131. The van der Waals surface area contributed by atoms with Crippen LogP contribution in [0.1, 0.15) is 0 Å². The lowest BCUT2D eigenvalue weighted by atomic mass is 10.9. The van der Waals surface area contributed by atoms with Gasteiger partial charge in [0.15, 0.2) is 6.19 Å². The molecule has 0 saturated heterocycles. The summed E-state index contributed by atoms with van der Waals surface area (Å²) in [6.07, 6.45) is 2.97. The molecule has 0 aliphatic rings. The Morgan fingerprint density at radius 1 is 1.89 bits per heavy atom. The Labute approximate surface area is 51.5 Å². The van der Waals surface area contributed by atoms with Gasteiger partial charge in [0.1, 0.15) is 0 Å². The van der Waals surface area contributed by atoms with Crippen molar-refractivity contribution in [3.63, 3.8) is 0 Å². The van der Waals surface area contributed by atoms with E-state index in [4.69, 9.17) is 5.26 Å². The molecule has 0 bridgehead atoms. The van der Waals surface area contributed by atoms with Crippen molar-refractivity contribution in [2.45, 2.75) is 0 Å². The average molecular weight is 124 g/mol. The molecule has 1 aromatic rings. The molecular weight excluding hydrogens is 120 g/mol. The lowest BCUT2D eigenvalue weighted by Gasteiger charge is -1.96. The fourth-order valence-corrected chi connectivity index (χ4v) is 0.356. The van der Waals surface area contributed by atoms with Gasteiger partial charge in [-0.15, -0.1) is 5.10 Å². The standard InChI is InChI=1S/C4H4N4O/c1-8(2-5)4-7-6-3-9-4/h3H,1H3. The van der Waals surface area contributed by atoms with Crippen molar-refractivity contribution in [2.24, 2.45) is 0 Å². The van der Waals surface area contributed by atoms with Crippen molar-refractivity contribution in [2.75, 3.05) is 11.9 Å². The molecule has 0 saturated carbocycles. The SMILES string of the molecule is CN(C#N)c1nnco1.